The number of fused-ring (bicyclic) bond motifs is 1. The molecule has 3 heterocycles. The topological polar surface area (TPSA) is 122 Å². The molecule has 1 aromatic carbocycles. The van der Waals surface area contributed by atoms with Crippen LogP contribution in [0, 0.1) is 11.6 Å². The molecule has 3 N–H and O–H groups in total. The molecule has 1 amide bonds. The van der Waals surface area contributed by atoms with Crippen molar-refractivity contribution in [3.05, 3.63) is 60.2 Å². The SMILES string of the molecule is CCCS(=O)(=O)Nc1ccc(F)c(C(=O)Nc2cnc3[nH]c(-c4cncn4C)cc3c2)c1F. The second-order valence-electron chi connectivity index (χ2n) is 7.39. The zero-order chi connectivity index (χ0) is 23.8. The molecule has 0 saturated heterocycles. The average molecular weight is 474 g/mol. The third-order valence-corrected chi connectivity index (χ3v) is 6.35. The van der Waals surface area contributed by atoms with Gasteiger partial charge in [0.05, 0.1) is 47.2 Å². The standard InChI is InChI=1S/C21H20F2N6O3S/c1-3-6-33(31,32)28-15-5-4-14(22)18(19(15)23)21(30)26-13-7-12-8-16(27-20(12)25-9-13)17-10-24-11-29(17)2/h4-5,7-11,28H,3,6H2,1-2H3,(H,25,27)(H,26,30). The number of hydrogen-bond acceptors (Lipinski definition) is 5. The normalized spacial score (nSPS) is 11.6. The van der Waals surface area contributed by atoms with Crippen molar-refractivity contribution in [1.29, 1.82) is 0 Å². The highest BCUT2D eigenvalue weighted by Gasteiger charge is 2.23. The van der Waals surface area contributed by atoms with Gasteiger partial charge in [-0.3, -0.25) is 9.52 Å². The fourth-order valence-corrected chi connectivity index (χ4v) is 4.49. The van der Waals surface area contributed by atoms with Crippen LogP contribution in [0.5, 0.6) is 0 Å². The van der Waals surface area contributed by atoms with Gasteiger partial charge < -0.3 is 14.9 Å². The van der Waals surface area contributed by atoms with Gasteiger partial charge in [-0.05, 0) is 30.7 Å². The number of pyridine rings is 1. The number of anilines is 2. The molecular formula is C21H20F2N6O3S. The maximum atomic E-state index is 14.9. The molecule has 0 aliphatic rings. The first-order chi connectivity index (χ1) is 15.7. The second kappa shape index (κ2) is 8.62. The van der Waals surface area contributed by atoms with Gasteiger partial charge in [-0.15, -0.1) is 0 Å². The summed E-state index contributed by atoms with van der Waals surface area (Å²) in [4.78, 5) is 24.1. The minimum Gasteiger partial charge on any atom is -0.338 e. The maximum Gasteiger partial charge on any atom is 0.261 e. The highest BCUT2D eigenvalue weighted by atomic mass is 32.2. The van der Waals surface area contributed by atoms with Crippen LogP contribution in [0.2, 0.25) is 0 Å². The number of halogens is 2. The van der Waals surface area contributed by atoms with Crippen molar-refractivity contribution in [1.82, 2.24) is 19.5 Å². The van der Waals surface area contributed by atoms with E-state index in [4.69, 9.17) is 0 Å². The lowest BCUT2D eigenvalue weighted by Crippen LogP contribution is -2.20. The summed E-state index contributed by atoms with van der Waals surface area (Å²) >= 11 is 0. The van der Waals surface area contributed by atoms with Crippen LogP contribution in [-0.4, -0.2) is 39.6 Å². The molecule has 0 aliphatic heterocycles. The number of H-pyrrole nitrogens is 1. The molecule has 0 unspecified atom stereocenters. The Morgan fingerprint density at radius 3 is 2.70 bits per heavy atom. The van der Waals surface area contributed by atoms with Gasteiger partial charge in [-0.1, -0.05) is 6.92 Å². The average Bonchev–Trinajstić information content (AvgIpc) is 3.35. The highest BCUT2D eigenvalue weighted by Crippen LogP contribution is 2.26. The quantitative estimate of drug-likeness (QED) is 0.378. The number of nitrogens with zero attached hydrogens (tertiary/aromatic N) is 3. The Bertz CT molecular complexity index is 1460. The summed E-state index contributed by atoms with van der Waals surface area (Å²) in [6.45, 7) is 1.65. The van der Waals surface area contributed by atoms with Crippen molar-refractivity contribution < 1.29 is 22.0 Å². The van der Waals surface area contributed by atoms with E-state index in [2.05, 4.69) is 20.3 Å². The van der Waals surface area contributed by atoms with Crippen LogP contribution in [-0.2, 0) is 17.1 Å². The predicted octanol–water partition coefficient (Wildman–Crippen LogP) is 3.65. The van der Waals surface area contributed by atoms with E-state index in [1.54, 1.807) is 31.6 Å². The monoisotopic (exact) mass is 474 g/mol. The van der Waals surface area contributed by atoms with Crippen LogP contribution in [0.25, 0.3) is 22.4 Å². The van der Waals surface area contributed by atoms with Gasteiger partial charge in [0, 0.05) is 12.4 Å². The molecule has 0 spiro atoms. The molecule has 172 valence electrons. The number of aromatic amines is 1. The van der Waals surface area contributed by atoms with Gasteiger partial charge in [-0.2, -0.15) is 0 Å². The number of aryl methyl sites for hydroxylation is 1. The van der Waals surface area contributed by atoms with E-state index in [9.17, 15) is 22.0 Å². The fourth-order valence-electron chi connectivity index (χ4n) is 3.36. The zero-order valence-corrected chi connectivity index (χ0v) is 18.5. The summed E-state index contributed by atoms with van der Waals surface area (Å²) in [5.41, 5.74) is 0.925. The molecule has 0 aliphatic carbocycles. The molecule has 0 bridgehead atoms. The number of carbonyl (C=O) groups is 1. The maximum absolute atomic E-state index is 14.9. The second-order valence-corrected chi connectivity index (χ2v) is 9.24. The molecule has 4 aromatic rings. The van der Waals surface area contributed by atoms with Crippen LogP contribution < -0.4 is 10.0 Å². The van der Waals surface area contributed by atoms with Crippen molar-refractivity contribution in [2.75, 3.05) is 15.8 Å². The largest absolute Gasteiger partial charge is 0.338 e. The molecule has 9 nitrogen and oxygen atoms in total. The Labute approximate surface area is 187 Å². The van der Waals surface area contributed by atoms with Gasteiger partial charge in [-0.25, -0.2) is 27.2 Å². The van der Waals surface area contributed by atoms with Crippen LogP contribution in [0.4, 0.5) is 20.2 Å². The minimum atomic E-state index is -3.83. The summed E-state index contributed by atoms with van der Waals surface area (Å²) in [5, 5.41) is 3.07. The lowest BCUT2D eigenvalue weighted by molar-refractivity contribution is 0.101. The van der Waals surface area contributed by atoms with E-state index >= 15 is 0 Å². The number of hydrogen-bond donors (Lipinski definition) is 3. The van der Waals surface area contributed by atoms with Crippen molar-refractivity contribution in [3.8, 4) is 11.4 Å². The van der Waals surface area contributed by atoms with Crippen LogP contribution in [0.3, 0.4) is 0 Å². The van der Waals surface area contributed by atoms with Crippen molar-refractivity contribution in [2.24, 2.45) is 7.05 Å². The molecule has 33 heavy (non-hydrogen) atoms. The summed E-state index contributed by atoms with van der Waals surface area (Å²) in [5.74, 6) is -3.75. The number of sulfonamides is 1. The summed E-state index contributed by atoms with van der Waals surface area (Å²) in [6, 6.07) is 5.16. The number of nitrogens with one attached hydrogen (secondary N) is 3. The number of amides is 1. The van der Waals surface area contributed by atoms with Gasteiger partial charge in [0.15, 0.2) is 5.82 Å². The Morgan fingerprint density at radius 1 is 1.21 bits per heavy atom. The van der Waals surface area contributed by atoms with Crippen LogP contribution >= 0.6 is 0 Å². The third kappa shape index (κ3) is 4.55. The molecule has 12 heteroatoms. The first-order valence-corrected chi connectivity index (χ1v) is 11.6. The van der Waals surface area contributed by atoms with E-state index in [0.717, 1.165) is 23.5 Å². The number of imidazole rings is 1. The Hall–Kier alpha value is -3.80. The van der Waals surface area contributed by atoms with E-state index in [-0.39, 0.29) is 11.4 Å². The lowest BCUT2D eigenvalue weighted by Gasteiger charge is -2.12. The zero-order valence-electron chi connectivity index (χ0n) is 17.7. The lowest BCUT2D eigenvalue weighted by atomic mass is 10.1. The molecule has 0 fully saturated rings. The van der Waals surface area contributed by atoms with Crippen LogP contribution in [0.1, 0.15) is 23.7 Å². The molecule has 0 saturated carbocycles. The number of aromatic nitrogens is 4. The van der Waals surface area contributed by atoms with E-state index in [0.29, 0.717) is 17.5 Å². The fraction of sp³-hybridized carbons (Fsp3) is 0.190. The minimum absolute atomic E-state index is 0.207. The van der Waals surface area contributed by atoms with Gasteiger partial charge in [0.2, 0.25) is 10.0 Å². The van der Waals surface area contributed by atoms with Crippen molar-refractivity contribution in [2.45, 2.75) is 13.3 Å². The molecule has 3 aromatic heterocycles. The number of carbonyl (C=O) groups excluding carboxylic acids is 1. The predicted molar refractivity (Wildman–Crippen MR) is 120 cm³/mol. The van der Waals surface area contributed by atoms with E-state index in [1.165, 1.54) is 6.20 Å². The third-order valence-electron chi connectivity index (χ3n) is 4.88. The highest BCUT2D eigenvalue weighted by molar-refractivity contribution is 7.92. The summed E-state index contributed by atoms with van der Waals surface area (Å²) < 4.78 is 56.9. The first kappa shape index (κ1) is 22.4. The van der Waals surface area contributed by atoms with Gasteiger partial charge in [0.25, 0.3) is 5.91 Å². The van der Waals surface area contributed by atoms with E-state index < -0.39 is 38.8 Å². The van der Waals surface area contributed by atoms with Crippen molar-refractivity contribution >= 4 is 38.3 Å². The van der Waals surface area contributed by atoms with Gasteiger partial charge in [0.1, 0.15) is 17.0 Å². The molecule has 0 atom stereocenters. The summed E-state index contributed by atoms with van der Waals surface area (Å²) in [6.07, 6.45) is 4.98. The molecule has 4 rings (SSSR count). The number of rotatable bonds is 7. The molecular weight excluding hydrogens is 454 g/mol. The summed E-state index contributed by atoms with van der Waals surface area (Å²) in [7, 11) is -1.99. The van der Waals surface area contributed by atoms with Crippen LogP contribution in [0.15, 0.2) is 43.0 Å². The Kier molecular flexibility index (Phi) is 5.85. The van der Waals surface area contributed by atoms with Crippen molar-refractivity contribution in [3.63, 3.8) is 0 Å². The number of benzene rings is 1. The van der Waals surface area contributed by atoms with E-state index in [1.807, 2.05) is 16.3 Å². The first-order valence-electron chi connectivity index (χ1n) is 9.94. The Morgan fingerprint density at radius 2 is 2.00 bits per heavy atom. The Balaban J connectivity index is 1.61. The smallest absolute Gasteiger partial charge is 0.261 e. The van der Waals surface area contributed by atoms with Gasteiger partial charge >= 0.3 is 0 Å². The molecule has 0 radical (unpaired) electrons.